The maximum atomic E-state index is 3.57. The molecule has 0 bridgehead atoms. The first-order chi connectivity index (χ1) is 6.68. The fourth-order valence-electron chi connectivity index (χ4n) is 2.33. The minimum Gasteiger partial charge on any atom is -0.302 e. The van der Waals surface area contributed by atoms with Crippen molar-refractivity contribution in [3.8, 4) is 0 Å². The Balaban J connectivity index is 2.50. The molecule has 2 atom stereocenters. The fraction of sp³-hybridized carbons (Fsp3) is 1.00. The second-order valence-corrected chi connectivity index (χ2v) is 7.20. The summed E-state index contributed by atoms with van der Waals surface area (Å²) in [6, 6.07) is 1.32. The molecule has 1 saturated heterocycles. The Morgan fingerprint density at radius 1 is 1.00 bits per heavy atom. The van der Waals surface area contributed by atoms with Crippen LogP contribution in [-0.4, -0.2) is 18.8 Å². The quantitative estimate of drug-likeness (QED) is 0.698. The smallest absolute Gasteiger partial charge is 0.0458 e. The summed E-state index contributed by atoms with van der Waals surface area (Å²) in [7, 11) is 0. The molecule has 0 saturated carbocycles. The van der Waals surface area contributed by atoms with Crippen LogP contribution in [0.15, 0.2) is 0 Å². The summed E-state index contributed by atoms with van der Waals surface area (Å²) in [6.07, 6.45) is 2.52. The van der Waals surface area contributed by atoms with Gasteiger partial charge in [-0.3, -0.25) is 0 Å². The van der Waals surface area contributed by atoms with Crippen molar-refractivity contribution >= 4 is 0 Å². The van der Waals surface area contributed by atoms with E-state index < -0.39 is 0 Å². The van der Waals surface area contributed by atoms with Gasteiger partial charge in [0.05, 0.1) is 0 Å². The summed E-state index contributed by atoms with van der Waals surface area (Å²) in [4.78, 5) is 0. The molecule has 90 valence electrons. The van der Waals surface area contributed by atoms with Crippen molar-refractivity contribution in [2.45, 2.75) is 66.5 Å². The van der Waals surface area contributed by atoms with Crippen LogP contribution in [0.3, 0.4) is 0 Å². The van der Waals surface area contributed by atoms with Crippen molar-refractivity contribution in [1.82, 2.24) is 10.6 Å². The Morgan fingerprint density at radius 3 is 2.07 bits per heavy atom. The van der Waals surface area contributed by atoms with Crippen molar-refractivity contribution in [3.05, 3.63) is 0 Å². The molecule has 2 nitrogen and oxygen atoms in total. The van der Waals surface area contributed by atoms with Gasteiger partial charge in [0.2, 0.25) is 0 Å². The van der Waals surface area contributed by atoms with Crippen LogP contribution in [0.2, 0.25) is 0 Å². The molecular weight excluding hydrogens is 184 g/mol. The second kappa shape index (κ2) is 4.42. The molecule has 1 aliphatic rings. The maximum absolute atomic E-state index is 3.57. The summed E-state index contributed by atoms with van der Waals surface area (Å²) in [6.45, 7) is 14.9. The van der Waals surface area contributed by atoms with Crippen molar-refractivity contribution in [3.63, 3.8) is 0 Å². The SMILES string of the molecule is CC(C)(C)CC1CC(C(C)(C)C)NCN1. The van der Waals surface area contributed by atoms with Crippen LogP contribution in [0.4, 0.5) is 0 Å². The first kappa shape index (κ1) is 13.0. The van der Waals surface area contributed by atoms with Gasteiger partial charge in [-0.2, -0.15) is 0 Å². The van der Waals surface area contributed by atoms with E-state index in [1.807, 2.05) is 0 Å². The van der Waals surface area contributed by atoms with Crippen LogP contribution in [0.5, 0.6) is 0 Å². The molecule has 15 heavy (non-hydrogen) atoms. The van der Waals surface area contributed by atoms with Crippen LogP contribution in [0.25, 0.3) is 0 Å². The minimum absolute atomic E-state index is 0.373. The normalized spacial score (nSPS) is 29.2. The lowest BCUT2D eigenvalue weighted by Gasteiger charge is -2.41. The molecule has 0 amide bonds. The van der Waals surface area contributed by atoms with Gasteiger partial charge in [-0.05, 0) is 23.7 Å². The van der Waals surface area contributed by atoms with Gasteiger partial charge in [0.15, 0.2) is 0 Å². The van der Waals surface area contributed by atoms with Gasteiger partial charge in [0.1, 0.15) is 0 Å². The lowest BCUT2D eigenvalue weighted by molar-refractivity contribution is 0.167. The number of nitrogens with one attached hydrogen (secondary N) is 2. The molecule has 1 aliphatic heterocycles. The zero-order chi connectivity index (χ0) is 11.7. The number of hydrogen-bond donors (Lipinski definition) is 2. The van der Waals surface area contributed by atoms with E-state index in [2.05, 4.69) is 52.2 Å². The van der Waals surface area contributed by atoms with Crippen LogP contribution in [0.1, 0.15) is 54.4 Å². The Labute approximate surface area is 95.2 Å². The van der Waals surface area contributed by atoms with Crippen LogP contribution >= 0.6 is 0 Å². The monoisotopic (exact) mass is 212 g/mol. The number of hydrogen-bond acceptors (Lipinski definition) is 2. The molecule has 0 aromatic carbocycles. The van der Waals surface area contributed by atoms with Gasteiger partial charge in [-0.25, -0.2) is 0 Å². The van der Waals surface area contributed by atoms with Gasteiger partial charge in [-0.15, -0.1) is 0 Å². The molecule has 2 heteroatoms. The highest BCUT2D eigenvalue weighted by Gasteiger charge is 2.31. The van der Waals surface area contributed by atoms with E-state index in [-0.39, 0.29) is 0 Å². The molecule has 0 radical (unpaired) electrons. The van der Waals surface area contributed by atoms with E-state index in [1.54, 1.807) is 0 Å². The molecule has 1 heterocycles. The Hall–Kier alpha value is -0.0800. The molecule has 2 N–H and O–H groups in total. The van der Waals surface area contributed by atoms with Gasteiger partial charge in [0, 0.05) is 18.8 Å². The lowest BCUT2D eigenvalue weighted by atomic mass is 9.78. The Kier molecular flexibility index (Phi) is 3.83. The first-order valence-corrected chi connectivity index (χ1v) is 6.15. The third-order valence-corrected chi connectivity index (χ3v) is 3.16. The van der Waals surface area contributed by atoms with Crippen LogP contribution in [-0.2, 0) is 0 Å². The molecule has 0 aliphatic carbocycles. The Bertz CT molecular complexity index is 198. The van der Waals surface area contributed by atoms with Gasteiger partial charge in [-0.1, -0.05) is 41.5 Å². The van der Waals surface area contributed by atoms with E-state index in [0.29, 0.717) is 22.9 Å². The van der Waals surface area contributed by atoms with E-state index in [4.69, 9.17) is 0 Å². The molecule has 1 rings (SSSR count). The van der Waals surface area contributed by atoms with E-state index in [0.717, 1.165) is 6.67 Å². The average molecular weight is 212 g/mol. The molecule has 0 aromatic heterocycles. The van der Waals surface area contributed by atoms with Gasteiger partial charge >= 0.3 is 0 Å². The van der Waals surface area contributed by atoms with Gasteiger partial charge in [0.25, 0.3) is 0 Å². The zero-order valence-electron chi connectivity index (χ0n) is 11.3. The van der Waals surface area contributed by atoms with E-state index in [9.17, 15) is 0 Å². The molecule has 2 unspecified atom stereocenters. The predicted octanol–water partition coefficient (Wildman–Crippen LogP) is 2.75. The summed E-state index contributed by atoms with van der Waals surface area (Å²) in [5, 5.41) is 7.13. The third kappa shape index (κ3) is 4.52. The van der Waals surface area contributed by atoms with Crippen LogP contribution < -0.4 is 10.6 Å². The Morgan fingerprint density at radius 2 is 1.60 bits per heavy atom. The first-order valence-electron chi connectivity index (χ1n) is 6.15. The highest BCUT2D eigenvalue weighted by atomic mass is 15.1. The maximum Gasteiger partial charge on any atom is 0.0458 e. The van der Waals surface area contributed by atoms with Crippen molar-refractivity contribution < 1.29 is 0 Å². The van der Waals surface area contributed by atoms with Crippen molar-refractivity contribution in [2.75, 3.05) is 6.67 Å². The fourth-order valence-corrected chi connectivity index (χ4v) is 2.33. The van der Waals surface area contributed by atoms with E-state index in [1.165, 1.54) is 12.8 Å². The summed E-state index contributed by atoms with van der Waals surface area (Å²) in [5.74, 6) is 0. The second-order valence-electron chi connectivity index (χ2n) is 7.20. The largest absolute Gasteiger partial charge is 0.302 e. The summed E-state index contributed by atoms with van der Waals surface area (Å²) < 4.78 is 0. The zero-order valence-corrected chi connectivity index (χ0v) is 11.3. The third-order valence-electron chi connectivity index (χ3n) is 3.16. The van der Waals surface area contributed by atoms with Gasteiger partial charge < -0.3 is 10.6 Å². The summed E-state index contributed by atoms with van der Waals surface area (Å²) in [5.41, 5.74) is 0.801. The number of rotatable bonds is 1. The van der Waals surface area contributed by atoms with E-state index >= 15 is 0 Å². The van der Waals surface area contributed by atoms with Crippen molar-refractivity contribution in [2.24, 2.45) is 10.8 Å². The lowest BCUT2D eigenvalue weighted by Crippen LogP contribution is -2.55. The molecule has 0 aromatic rings. The topological polar surface area (TPSA) is 24.1 Å². The summed E-state index contributed by atoms with van der Waals surface area (Å²) >= 11 is 0. The highest BCUT2D eigenvalue weighted by Crippen LogP contribution is 2.29. The predicted molar refractivity (Wildman–Crippen MR) is 66.9 cm³/mol. The average Bonchev–Trinajstić information content (AvgIpc) is 1.99. The molecular formula is C13H28N2. The molecule has 0 spiro atoms. The highest BCUT2D eigenvalue weighted by molar-refractivity contribution is 4.89. The molecule has 1 fully saturated rings. The standard InChI is InChI=1S/C13H28N2/c1-12(2,3)8-10-7-11(13(4,5)6)15-9-14-10/h10-11,14-15H,7-9H2,1-6H3. The minimum atomic E-state index is 0.373. The van der Waals surface area contributed by atoms with Crippen molar-refractivity contribution in [1.29, 1.82) is 0 Å². The van der Waals surface area contributed by atoms with Crippen LogP contribution in [0, 0.1) is 10.8 Å².